The summed E-state index contributed by atoms with van der Waals surface area (Å²) in [7, 11) is 2.83. The van der Waals surface area contributed by atoms with E-state index in [1.807, 2.05) is 0 Å². The molecule has 1 heterocycles. The maximum atomic E-state index is 12.8. The van der Waals surface area contributed by atoms with Crippen LogP contribution in [0.1, 0.15) is 22.3 Å². The van der Waals surface area contributed by atoms with Gasteiger partial charge in [-0.2, -0.15) is 13.2 Å². The summed E-state index contributed by atoms with van der Waals surface area (Å²) in [4.78, 5) is 16.4. The lowest BCUT2D eigenvalue weighted by Gasteiger charge is -2.14. The highest BCUT2D eigenvalue weighted by molar-refractivity contribution is 5.93. The molecule has 7 nitrogen and oxygen atoms in total. The minimum Gasteiger partial charge on any atom is -0.493 e. The van der Waals surface area contributed by atoms with Crippen molar-refractivity contribution in [2.24, 2.45) is 0 Å². The van der Waals surface area contributed by atoms with Gasteiger partial charge in [-0.25, -0.2) is 9.78 Å². The van der Waals surface area contributed by atoms with Gasteiger partial charge in [-0.05, 0) is 42.8 Å². The minimum atomic E-state index is -4.30. The van der Waals surface area contributed by atoms with E-state index in [0.717, 1.165) is 0 Å². The lowest BCUT2D eigenvalue weighted by Crippen LogP contribution is -2.14. The number of hydrogen-bond donors (Lipinski definition) is 1. The van der Waals surface area contributed by atoms with Crippen LogP contribution in [-0.4, -0.2) is 42.5 Å². The van der Waals surface area contributed by atoms with Crippen LogP contribution >= 0.6 is 0 Å². The molecule has 1 N–H and O–H groups in total. The van der Waals surface area contributed by atoms with Gasteiger partial charge in [0.2, 0.25) is 0 Å². The van der Waals surface area contributed by atoms with E-state index in [1.54, 1.807) is 72.4 Å². The van der Waals surface area contributed by atoms with E-state index in [2.05, 4.69) is 10.3 Å². The number of para-hydroxylation sites is 2. The molecule has 0 aliphatic carbocycles. The van der Waals surface area contributed by atoms with Crippen LogP contribution in [0.2, 0.25) is 0 Å². The fraction of sp³-hybridized carbons (Fsp3) is 0.231. The van der Waals surface area contributed by atoms with Crippen molar-refractivity contribution in [2.45, 2.75) is 19.5 Å². The van der Waals surface area contributed by atoms with Crippen molar-refractivity contribution in [3.63, 3.8) is 0 Å². The molecule has 10 heteroatoms. The Labute approximate surface area is 205 Å². The van der Waals surface area contributed by atoms with E-state index in [0.29, 0.717) is 50.8 Å². The monoisotopic (exact) mass is 499 g/mol. The van der Waals surface area contributed by atoms with Gasteiger partial charge < -0.3 is 19.5 Å². The van der Waals surface area contributed by atoms with Crippen LogP contribution in [0.4, 0.5) is 18.9 Å². The maximum absolute atomic E-state index is 12.8. The fourth-order valence-electron chi connectivity index (χ4n) is 3.80. The number of carbonyl (C=O) groups is 1. The van der Waals surface area contributed by atoms with Gasteiger partial charge in [0.25, 0.3) is 0 Å². The summed E-state index contributed by atoms with van der Waals surface area (Å²) in [5.74, 6) is 0.890. The zero-order valence-corrected chi connectivity index (χ0v) is 19.8. The van der Waals surface area contributed by atoms with Crippen LogP contribution in [-0.2, 0) is 4.74 Å². The number of hydrogen-bond acceptors (Lipinski definition) is 6. The number of halogens is 3. The van der Waals surface area contributed by atoms with Crippen molar-refractivity contribution in [3.05, 3.63) is 72.1 Å². The third-order valence-electron chi connectivity index (χ3n) is 5.54. The zero-order chi connectivity index (χ0) is 25.9. The normalized spacial score (nSPS) is 11.4. The first-order valence-electron chi connectivity index (χ1n) is 11.0. The van der Waals surface area contributed by atoms with Crippen LogP contribution in [0.3, 0.4) is 0 Å². The molecule has 0 aliphatic heterocycles. The first-order chi connectivity index (χ1) is 17.2. The number of benzene rings is 3. The zero-order valence-electron chi connectivity index (χ0n) is 19.8. The Hall–Kier alpha value is -4.21. The summed E-state index contributed by atoms with van der Waals surface area (Å²) in [5, 5.41) is 2.84. The number of nitrogens with one attached hydrogen (secondary N) is 1. The quantitative estimate of drug-likeness (QED) is 0.288. The third kappa shape index (κ3) is 5.37. The molecular formula is C26H24F3N3O4. The van der Waals surface area contributed by atoms with E-state index in [4.69, 9.17) is 14.2 Å². The number of esters is 1. The summed E-state index contributed by atoms with van der Waals surface area (Å²) in [6.45, 7) is 1.46. The van der Waals surface area contributed by atoms with E-state index >= 15 is 0 Å². The number of nitrogens with zero attached hydrogens (tertiary/aromatic N) is 2. The molecule has 0 atom stereocenters. The number of imidazole rings is 1. The van der Waals surface area contributed by atoms with E-state index < -0.39 is 18.6 Å². The number of fused-ring (bicyclic) bond motifs is 1. The topological polar surface area (TPSA) is 74.6 Å². The van der Waals surface area contributed by atoms with Gasteiger partial charge in [-0.1, -0.05) is 12.1 Å². The molecule has 36 heavy (non-hydrogen) atoms. The van der Waals surface area contributed by atoms with Crippen molar-refractivity contribution >= 4 is 22.7 Å². The summed E-state index contributed by atoms with van der Waals surface area (Å²) in [5.41, 5.74) is 3.30. The molecule has 4 rings (SSSR count). The highest BCUT2D eigenvalue weighted by atomic mass is 19.4. The smallest absolute Gasteiger partial charge is 0.390 e. The van der Waals surface area contributed by atoms with Crippen LogP contribution in [0.5, 0.6) is 17.2 Å². The maximum Gasteiger partial charge on any atom is 0.390 e. The Morgan fingerprint density at radius 1 is 1.06 bits per heavy atom. The molecule has 0 saturated heterocycles. The second-order valence-electron chi connectivity index (χ2n) is 7.99. The van der Waals surface area contributed by atoms with Crippen molar-refractivity contribution < 1.29 is 32.2 Å². The molecule has 0 saturated carbocycles. The second-order valence-corrected chi connectivity index (χ2v) is 7.99. The molecule has 4 aromatic rings. The number of ether oxygens (including phenoxy) is 3. The average Bonchev–Trinajstić information content (AvgIpc) is 3.27. The predicted molar refractivity (Wildman–Crippen MR) is 129 cm³/mol. The first-order valence-corrected chi connectivity index (χ1v) is 11.0. The summed E-state index contributed by atoms with van der Waals surface area (Å²) in [6, 6.07) is 15.6. The van der Waals surface area contributed by atoms with Crippen molar-refractivity contribution in [2.75, 3.05) is 26.1 Å². The van der Waals surface area contributed by atoms with Crippen molar-refractivity contribution in [1.82, 2.24) is 9.55 Å². The van der Waals surface area contributed by atoms with Gasteiger partial charge in [-0.3, -0.25) is 4.57 Å². The van der Waals surface area contributed by atoms with Crippen LogP contribution < -0.4 is 14.8 Å². The molecule has 1 aromatic heterocycles. The molecule has 0 radical (unpaired) electrons. The summed E-state index contributed by atoms with van der Waals surface area (Å²) in [6.07, 6.45) is -3.73. The molecule has 0 spiro atoms. The molecule has 0 bridgehead atoms. The Morgan fingerprint density at radius 2 is 1.81 bits per heavy atom. The van der Waals surface area contributed by atoms with Gasteiger partial charge in [0, 0.05) is 24.4 Å². The van der Waals surface area contributed by atoms with Crippen LogP contribution in [0, 0.1) is 6.92 Å². The molecule has 0 aliphatic rings. The van der Waals surface area contributed by atoms with Gasteiger partial charge in [0.15, 0.2) is 11.5 Å². The Balaban J connectivity index is 1.78. The Bertz CT molecular complexity index is 1400. The highest BCUT2D eigenvalue weighted by Crippen LogP contribution is 2.36. The van der Waals surface area contributed by atoms with E-state index in [-0.39, 0.29) is 6.54 Å². The number of rotatable bonds is 8. The number of carbonyl (C=O) groups excluding carboxylic acids is 1. The van der Waals surface area contributed by atoms with Gasteiger partial charge in [0.05, 0.1) is 37.4 Å². The van der Waals surface area contributed by atoms with Crippen LogP contribution in [0.25, 0.3) is 16.7 Å². The number of aromatic nitrogens is 2. The predicted octanol–water partition coefficient (Wildman–Crippen LogP) is 6.29. The van der Waals surface area contributed by atoms with Crippen LogP contribution in [0.15, 0.2) is 60.9 Å². The standard InChI is InChI=1S/C26H24F3N3O4/c1-16-12-17(8-9-19(16)25(33)35-3)32-15-31-24-20(30-11-10-26(27,28)29)13-18(14-21(24)32)36-23-7-5-4-6-22(23)34-2/h4-9,12-15,30H,10-11H2,1-3H3. The summed E-state index contributed by atoms with van der Waals surface area (Å²) >= 11 is 0. The van der Waals surface area contributed by atoms with Gasteiger partial charge in [0.1, 0.15) is 17.6 Å². The minimum absolute atomic E-state index is 0.323. The SMILES string of the molecule is COC(=O)c1ccc(-n2cnc3c(NCCC(F)(F)F)cc(Oc4ccccc4OC)cc32)cc1C. The second kappa shape index (κ2) is 10.2. The van der Waals surface area contributed by atoms with Crippen molar-refractivity contribution in [3.8, 4) is 22.9 Å². The van der Waals surface area contributed by atoms with Crippen molar-refractivity contribution in [1.29, 1.82) is 0 Å². The number of methoxy groups -OCH3 is 2. The molecule has 0 amide bonds. The number of aryl methyl sites for hydroxylation is 1. The highest BCUT2D eigenvalue weighted by Gasteiger charge is 2.26. The Kier molecular flexibility index (Phi) is 7.05. The first kappa shape index (κ1) is 24.9. The van der Waals surface area contributed by atoms with Gasteiger partial charge in [-0.15, -0.1) is 0 Å². The van der Waals surface area contributed by atoms with E-state index in [9.17, 15) is 18.0 Å². The average molecular weight is 499 g/mol. The number of alkyl halides is 3. The summed E-state index contributed by atoms with van der Waals surface area (Å²) < 4.78 is 56.3. The van der Waals surface area contributed by atoms with Gasteiger partial charge >= 0.3 is 12.1 Å². The third-order valence-corrected chi connectivity index (χ3v) is 5.54. The lowest BCUT2D eigenvalue weighted by atomic mass is 10.1. The largest absolute Gasteiger partial charge is 0.493 e. The molecule has 3 aromatic carbocycles. The lowest BCUT2D eigenvalue weighted by molar-refractivity contribution is -0.131. The van der Waals surface area contributed by atoms with E-state index in [1.165, 1.54) is 14.2 Å². The molecule has 0 unspecified atom stereocenters. The fourth-order valence-corrected chi connectivity index (χ4v) is 3.80. The number of anilines is 1. The Morgan fingerprint density at radius 3 is 2.47 bits per heavy atom. The molecule has 188 valence electrons. The molecule has 0 fully saturated rings. The molecular weight excluding hydrogens is 475 g/mol.